The molecule has 3 unspecified atom stereocenters. The highest BCUT2D eigenvalue weighted by Gasteiger charge is 2.30. The van der Waals surface area contributed by atoms with Gasteiger partial charge in [-0.2, -0.15) is 0 Å². The molecule has 8 aromatic rings. The minimum atomic E-state index is -0.240. The lowest BCUT2D eigenvalue weighted by molar-refractivity contribution is 0.496. The summed E-state index contributed by atoms with van der Waals surface area (Å²) < 4.78 is 34.0. The first-order valence-electron chi connectivity index (χ1n) is 24.4. The van der Waals surface area contributed by atoms with Gasteiger partial charge >= 0.3 is 0 Å². The third kappa shape index (κ3) is 7.43. The number of hydrogen-bond acceptors (Lipinski definition) is 2. The smallest absolute Gasteiger partial charge is 0.123 e. The predicted octanol–water partition coefficient (Wildman–Crippen LogP) is 16.8. The van der Waals surface area contributed by atoms with Crippen LogP contribution >= 0.6 is 0 Å². The molecule has 2 heterocycles. The van der Waals surface area contributed by atoms with Crippen LogP contribution in [0, 0.1) is 23.6 Å². The number of allylic oxidation sites excluding steroid dienone is 11. The maximum absolute atomic E-state index is 14.7. The third-order valence-electron chi connectivity index (χ3n) is 14.8. The Morgan fingerprint density at radius 3 is 1.91 bits per heavy atom. The zero-order valence-corrected chi connectivity index (χ0v) is 38.6. The predicted molar refractivity (Wildman–Crippen MR) is 279 cm³/mol. The fourth-order valence-corrected chi connectivity index (χ4v) is 11.5. The Kier molecular flexibility index (Phi) is 10.7. The number of halogens is 2. The zero-order chi connectivity index (χ0) is 45.9. The van der Waals surface area contributed by atoms with Gasteiger partial charge in [-0.15, -0.1) is 0 Å². The molecule has 12 rings (SSSR count). The minimum Gasteiger partial charge on any atom is -0.318 e. The van der Waals surface area contributed by atoms with Crippen molar-refractivity contribution in [2.45, 2.75) is 58.8 Å². The van der Waals surface area contributed by atoms with Crippen LogP contribution in [0.2, 0.25) is 0 Å². The van der Waals surface area contributed by atoms with Crippen molar-refractivity contribution < 1.29 is 8.78 Å². The van der Waals surface area contributed by atoms with Crippen LogP contribution in [0.5, 0.6) is 0 Å². The number of benzene rings is 6. The average molecular weight is 893 g/mol. The van der Waals surface area contributed by atoms with E-state index in [4.69, 9.17) is 0 Å². The third-order valence-corrected chi connectivity index (χ3v) is 14.8. The van der Waals surface area contributed by atoms with Crippen LogP contribution in [0.25, 0.3) is 50.2 Å². The summed E-state index contributed by atoms with van der Waals surface area (Å²) in [4.78, 5) is 4.77. The SMILES string of the molecule is CC1C=Cc2c(c3cc(N(C4=CC=C(C5CC=C(N(C6=CC=C(F)CC6C)c6ccc7c(c6)c6ccccc6n7-c6ccccc6)CC5)CC4)c4ccc(F)cc4)ccc3n2-c2ccccc2)C1. The molecule has 4 aliphatic rings. The van der Waals surface area contributed by atoms with E-state index in [1.807, 2.05) is 18.2 Å². The standard InChI is InChI=1S/C62H54F2N4/c1-41-17-33-60-55(37-41)57-39-52(31-35-62(57)68(60)48-13-7-4-8-14-48)65(50-29-22-45(63)23-30-50)49-25-18-43(19-26-49)44-20-27-51(28-21-44)66(58-34-24-46(64)38-42(58)2)53-32-36-61-56(40-53)54-15-9-10-16-59(54)67(61)47-11-5-3-6-12-47/h3-18,22-25,27,29-36,39-42,44H,19-21,26,28,37-38H2,1-2H3. The van der Waals surface area contributed by atoms with E-state index >= 15 is 0 Å². The van der Waals surface area contributed by atoms with Crippen molar-refractivity contribution in [3.63, 3.8) is 0 Å². The van der Waals surface area contributed by atoms with Gasteiger partial charge in [0.15, 0.2) is 0 Å². The Morgan fingerprint density at radius 2 is 1.21 bits per heavy atom. The van der Waals surface area contributed by atoms with E-state index in [0.29, 0.717) is 18.3 Å². The quantitative estimate of drug-likeness (QED) is 0.144. The van der Waals surface area contributed by atoms with Gasteiger partial charge in [0.1, 0.15) is 11.6 Å². The molecule has 0 amide bonds. The van der Waals surface area contributed by atoms with E-state index in [2.05, 4.69) is 184 Å². The van der Waals surface area contributed by atoms with Crippen LogP contribution in [-0.4, -0.2) is 9.13 Å². The largest absolute Gasteiger partial charge is 0.318 e. The summed E-state index contributed by atoms with van der Waals surface area (Å²) >= 11 is 0. The number of aromatic nitrogens is 2. The molecule has 0 saturated carbocycles. The number of fused-ring (bicyclic) bond motifs is 6. The molecular formula is C62H54F2N4. The molecule has 0 spiro atoms. The summed E-state index contributed by atoms with van der Waals surface area (Å²) in [5.74, 6) is 0.601. The molecule has 0 N–H and O–H groups in total. The van der Waals surface area contributed by atoms with Crippen molar-refractivity contribution in [2.75, 3.05) is 9.80 Å². The fraction of sp³-hybridized carbons (Fsp3) is 0.194. The number of para-hydroxylation sites is 3. The van der Waals surface area contributed by atoms with Crippen molar-refractivity contribution in [1.82, 2.24) is 9.13 Å². The molecule has 4 nitrogen and oxygen atoms in total. The Morgan fingerprint density at radius 1 is 0.544 bits per heavy atom. The summed E-state index contributed by atoms with van der Waals surface area (Å²) in [5.41, 5.74) is 16.7. The molecule has 336 valence electrons. The fourth-order valence-electron chi connectivity index (χ4n) is 11.5. The van der Waals surface area contributed by atoms with E-state index in [1.54, 1.807) is 18.2 Å². The molecule has 0 aliphatic heterocycles. The minimum absolute atomic E-state index is 0.0314. The highest BCUT2D eigenvalue weighted by Crippen LogP contribution is 2.45. The van der Waals surface area contributed by atoms with Gasteiger partial charge in [0, 0.05) is 79.7 Å². The van der Waals surface area contributed by atoms with Gasteiger partial charge in [-0.05, 0) is 171 Å². The molecule has 4 aliphatic carbocycles. The van der Waals surface area contributed by atoms with E-state index in [-0.39, 0.29) is 17.6 Å². The Hall–Kier alpha value is -7.44. The lowest BCUT2D eigenvalue weighted by Crippen LogP contribution is -2.29. The first-order valence-corrected chi connectivity index (χ1v) is 24.4. The monoisotopic (exact) mass is 892 g/mol. The number of nitrogens with zero attached hydrogens (tertiary/aromatic N) is 4. The molecule has 0 bridgehead atoms. The maximum atomic E-state index is 14.7. The summed E-state index contributed by atoms with van der Waals surface area (Å²) in [5, 5.41) is 3.67. The molecule has 0 saturated heterocycles. The van der Waals surface area contributed by atoms with Crippen molar-refractivity contribution >= 4 is 55.8 Å². The van der Waals surface area contributed by atoms with Crippen LogP contribution in [0.3, 0.4) is 0 Å². The lowest BCUT2D eigenvalue weighted by Gasteiger charge is -2.37. The molecule has 68 heavy (non-hydrogen) atoms. The van der Waals surface area contributed by atoms with Crippen LogP contribution in [0.1, 0.15) is 63.6 Å². The molecule has 0 radical (unpaired) electrons. The van der Waals surface area contributed by atoms with Crippen molar-refractivity contribution in [2.24, 2.45) is 17.8 Å². The van der Waals surface area contributed by atoms with Crippen molar-refractivity contribution in [3.8, 4) is 11.4 Å². The highest BCUT2D eigenvalue weighted by atomic mass is 19.1. The summed E-state index contributed by atoms with van der Waals surface area (Å²) in [7, 11) is 0. The van der Waals surface area contributed by atoms with E-state index < -0.39 is 0 Å². The average Bonchev–Trinajstić information content (AvgIpc) is 3.88. The van der Waals surface area contributed by atoms with Crippen LogP contribution < -0.4 is 9.80 Å². The maximum Gasteiger partial charge on any atom is 0.123 e. The first-order chi connectivity index (χ1) is 33.4. The molecular weight excluding hydrogens is 839 g/mol. The Labute approximate surface area is 397 Å². The summed E-state index contributed by atoms with van der Waals surface area (Å²) in [6.07, 6.45) is 21.5. The van der Waals surface area contributed by atoms with Gasteiger partial charge in [-0.1, -0.05) is 92.2 Å². The highest BCUT2D eigenvalue weighted by molar-refractivity contribution is 6.10. The molecule has 6 heteroatoms. The summed E-state index contributed by atoms with van der Waals surface area (Å²) in [6.45, 7) is 4.44. The van der Waals surface area contributed by atoms with Crippen molar-refractivity contribution in [3.05, 3.63) is 228 Å². The van der Waals surface area contributed by atoms with Gasteiger partial charge in [0.25, 0.3) is 0 Å². The molecule has 0 fully saturated rings. The lowest BCUT2D eigenvalue weighted by atomic mass is 9.81. The van der Waals surface area contributed by atoms with Crippen LogP contribution in [0.15, 0.2) is 211 Å². The van der Waals surface area contributed by atoms with Gasteiger partial charge in [-0.3, -0.25) is 0 Å². The first kappa shape index (κ1) is 42.0. The second-order valence-corrected chi connectivity index (χ2v) is 19.2. The van der Waals surface area contributed by atoms with Gasteiger partial charge in [-0.25, -0.2) is 8.78 Å². The Bertz CT molecular complexity index is 3430. The normalized spacial score (nSPS) is 19.3. The van der Waals surface area contributed by atoms with E-state index in [9.17, 15) is 8.78 Å². The van der Waals surface area contributed by atoms with Crippen molar-refractivity contribution in [1.29, 1.82) is 0 Å². The summed E-state index contributed by atoms with van der Waals surface area (Å²) in [6, 6.07) is 50.5. The number of rotatable bonds is 9. The second-order valence-electron chi connectivity index (χ2n) is 19.2. The number of hydrogen-bond donors (Lipinski definition) is 0. The second kappa shape index (κ2) is 17.3. The molecule has 2 aromatic heterocycles. The molecule has 3 atom stereocenters. The zero-order valence-electron chi connectivity index (χ0n) is 38.6. The van der Waals surface area contributed by atoms with Gasteiger partial charge in [0.2, 0.25) is 0 Å². The number of anilines is 3. The van der Waals surface area contributed by atoms with Crippen LogP contribution in [-0.2, 0) is 6.42 Å². The van der Waals surface area contributed by atoms with Gasteiger partial charge < -0.3 is 18.9 Å². The molecule has 6 aromatic carbocycles. The van der Waals surface area contributed by atoms with E-state index in [0.717, 1.165) is 72.7 Å². The van der Waals surface area contributed by atoms with Gasteiger partial charge in [0.05, 0.1) is 16.6 Å². The van der Waals surface area contributed by atoms with E-state index in [1.165, 1.54) is 60.9 Å². The van der Waals surface area contributed by atoms with Crippen LogP contribution in [0.4, 0.5) is 25.8 Å². The topological polar surface area (TPSA) is 16.3 Å². The Balaban J connectivity index is 0.878.